The van der Waals surface area contributed by atoms with Crippen molar-refractivity contribution >= 4 is 5.69 Å². The molecule has 0 spiro atoms. The Labute approximate surface area is 172 Å². The van der Waals surface area contributed by atoms with Crippen molar-refractivity contribution in [2.75, 3.05) is 26.6 Å². The highest BCUT2D eigenvalue weighted by atomic mass is 16.5. The molecule has 5 nitrogen and oxygen atoms in total. The molecule has 1 N–H and O–H groups in total. The molecule has 5 heteroatoms. The van der Waals surface area contributed by atoms with Gasteiger partial charge in [-0.15, -0.1) is 0 Å². The maximum Gasteiger partial charge on any atom is 0.203 e. The van der Waals surface area contributed by atoms with Crippen molar-refractivity contribution in [2.45, 2.75) is 38.3 Å². The van der Waals surface area contributed by atoms with Crippen LogP contribution in [0, 0.1) is 5.92 Å². The number of para-hydroxylation sites is 1. The number of methoxy groups -OCH3 is 3. The first-order chi connectivity index (χ1) is 14.1. The van der Waals surface area contributed by atoms with E-state index in [1.54, 1.807) is 21.3 Å². The van der Waals surface area contributed by atoms with Gasteiger partial charge in [-0.05, 0) is 55.5 Å². The van der Waals surface area contributed by atoms with Crippen molar-refractivity contribution < 1.29 is 18.9 Å². The van der Waals surface area contributed by atoms with Crippen molar-refractivity contribution in [1.29, 1.82) is 0 Å². The van der Waals surface area contributed by atoms with Crippen LogP contribution in [0.5, 0.6) is 23.0 Å². The molecule has 1 aliphatic heterocycles. The van der Waals surface area contributed by atoms with Crippen LogP contribution in [0.15, 0.2) is 42.5 Å². The summed E-state index contributed by atoms with van der Waals surface area (Å²) in [4.78, 5) is 0. The topological polar surface area (TPSA) is 49.0 Å². The van der Waals surface area contributed by atoms with E-state index in [2.05, 4.69) is 43.4 Å². The number of rotatable bonds is 6. The molecule has 0 aromatic heterocycles. The third-order valence-electron chi connectivity index (χ3n) is 5.77. The van der Waals surface area contributed by atoms with Gasteiger partial charge in [-0.25, -0.2) is 0 Å². The zero-order valence-corrected chi connectivity index (χ0v) is 17.7. The van der Waals surface area contributed by atoms with Crippen molar-refractivity contribution in [1.82, 2.24) is 0 Å². The zero-order valence-electron chi connectivity index (χ0n) is 17.7. The van der Waals surface area contributed by atoms with Gasteiger partial charge >= 0.3 is 0 Å². The summed E-state index contributed by atoms with van der Waals surface area (Å²) in [5, 5.41) is 3.78. The van der Waals surface area contributed by atoms with E-state index in [9.17, 15) is 0 Å². The van der Waals surface area contributed by atoms with Crippen LogP contribution < -0.4 is 24.3 Å². The lowest BCUT2D eigenvalue weighted by atomic mass is 9.77. The maximum atomic E-state index is 6.12. The van der Waals surface area contributed by atoms with E-state index in [0.717, 1.165) is 23.4 Å². The van der Waals surface area contributed by atoms with Crippen LogP contribution in [0.3, 0.4) is 0 Å². The van der Waals surface area contributed by atoms with Crippen LogP contribution in [0.4, 0.5) is 5.69 Å². The van der Waals surface area contributed by atoms with Crippen LogP contribution >= 0.6 is 0 Å². The van der Waals surface area contributed by atoms with Gasteiger partial charge in [0.2, 0.25) is 5.75 Å². The zero-order chi connectivity index (χ0) is 20.5. The lowest BCUT2D eigenvalue weighted by Crippen LogP contribution is -2.29. The number of anilines is 1. The van der Waals surface area contributed by atoms with Crippen LogP contribution in [0.1, 0.15) is 43.4 Å². The van der Waals surface area contributed by atoms with Crippen molar-refractivity contribution in [3.05, 3.63) is 53.6 Å². The predicted octanol–water partition coefficient (Wildman–Crippen LogP) is 5.33. The number of ether oxygens (including phenoxy) is 4. The molecule has 3 atom stereocenters. The smallest absolute Gasteiger partial charge is 0.203 e. The number of allylic oxidation sites excluding steroid dienone is 2. The lowest BCUT2D eigenvalue weighted by molar-refractivity contribution is 0.242. The summed E-state index contributed by atoms with van der Waals surface area (Å²) in [5.41, 5.74) is 3.49. The van der Waals surface area contributed by atoms with Crippen LogP contribution in [0.2, 0.25) is 0 Å². The normalized spacial score (nSPS) is 21.9. The molecule has 4 rings (SSSR count). The van der Waals surface area contributed by atoms with E-state index >= 15 is 0 Å². The van der Waals surface area contributed by atoms with Gasteiger partial charge in [-0.3, -0.25) is 0 Å². The quantitative estimate of drug-likeness (QED) is 0.670. The second-order valence-electron chi connectivity index (χ2n) is 7.82. The van der Waals surface area contributed by atoms with Crippen LogP contribution in [-0.2, 0) is 0 Å². The van der Waals surface area contributed by atoms with Crippen molar-refractivity contribution in [2.24, 2.45) is 5.92 Å². The Morgan fingerprint density at radius 3 is 2.31 bits per heavy atom. The van der Waals surface area contributed by atoms with E-state index in [-0.39, 0.29) is 12.1 Å². The fraction of sp³-hybridized carbons (Fsp3) is 0.417. The molecule has 3 unspecified atom stereocenters. The molecule has 2 aliphatic rings. The predicted molar refractivity (Wildman–Crippen MR) is 115 cm³/mol. The Morgan fingerprint density at radius 2 is 1.69 bits per heavy atom. The molecule has 1 aliphatic carbocycles. The van der Waals surface area contributed by atoms with E-state index in [1.807, 2.05) is 18.2 Å². The number of hydrogen-bond acceptors (Lipinski definition) is 5. The van der Waals surface area contributed by atoms with Gasteiger partial charge in [-0.1, -0.05) is 24.3 Å². The summed E-state index contributed by atoms with van der Waals surface area (Å²) in [6, 6.07) is 10.5. The molecule has 0 saturated carbocycles. The minimum Gasteiger partial charge on any atom is -0.493 e. The fourth-order valence-corrected chi connectivity index (χ4v) is 4.56. The standard InChI is InChI=1S/C24H29NO4/c1-14(2)29-19-11-7-10-18-16-8-6-9-17(16)22(25-23(18)19)15-12-20(26-3)24(28-5)21(13-15)27-4/h6-8,10-14,16-17,22,25H,9H2,1-5H3. The largest absolute Gasteiger partial charge is 0.493 e. The first-order valence-electron chi connectivity index (χ1n) is 10.1. The fourth-order valence-electron chi connectivity index (χ4n) is 4.56. The monoisotopic (exact) mass is 395 g/mol. The lowest BCUT2D eigenvalue weighted by Gasteiger charge is -2.38. The van der Waals surface area contributed by atoms with Crippen LogP contribution in [-0.4, -0.2) is 27.4 Å². The van der Waals surface area contributed by atoms with Gasteiger partial charge in [-0.2, -0.15) is 0 Å². The number of nitrogens with one attached hydrogen (secondary N) is 1. The highest BCUT2D eigenvalue weighted by Gasteiger charge is 2.39. The van der Waals surface area contributed by atoms with E-state index in [4.69, 9.17) is 18.9 Å². The highest BCUT2D eigenvalue weighted by molar-refractivity contribution is 5.68. The van der Waals surface area contributed by atoms with E-state index in [0.29, 0.717) is 29.1 Å². The molecule has 2 aromatic carbocycles. The molecule has 1 heterocycles. The van der Waals surface area contributed by atoms with Gasteiger partial charge < -0.3 is 24.3 Å². The Hall–Kier alpha value is -2.82. The maximum absolute atomic E-state index is 6.12. The van der Waals surface area contributed by atoms with Gasteiger partial charge in [0.15, 0.2) is 11.5 Å². The average Bonchev–Trinajstić information content (AvgIpc) is 3.22. The molecule has 0 radical (unpaired) electrons. The van der Waals surface area contributed by atoms with E-state index < -0.39 is 0 Å². The highest BCUT2D eigenvalue weighted by Crippen LogP contribution is 2.53. The van der Waals surface area contributed by atoms with Crippen LogP contribution in [0.25, 0.3) is 0 Å². The number of hydrogen-bond donors (Lipinski definition) is 1. The summed E-state index contributed by atoms with van der Waals surface area (Å²) in [6.45, 7) is 4.11. The first kappa shape index (κ1) is 19.5. The second kappa shape index (κ2) is 7.90. The number of benzene rings is 2. The summed E-state index contributed by atoms with van der Waals surface area (Å²) in [7, 11) is 4.93. The third-order valence-corrected chi connectivity index (χ3v) is 5.77. The summed E-state index contributed by atoms with van der Waals surface area (Å²) in [6.07, 6.45) is 5.75. The molecule has 0 saturated heterocycles. The summed E-state index contributed by atoms with van der Waals surface area (Å²) >= 11 is 0. The molecule has 0 amide bonds. The van der Waals surface area contributed by atoms with Crippen molar-refractivity contribution in [3.8, 4) is 23.0 Å². The molecule has 0 fully saturated rings. The Bertz CT molecular complexity index is 896. The molecule has 0 bridgehead atoms. The summed E-state index contributed by atoms with van der Waals surface area (Å²) < 4.78 is 22.8. The first-order valence-corrected chi connectivity index (χ1v) is 10.1. The minimum absolute atomic E-state index is 0.105. The second-order valence-corrected chi connectivity index (χ2v) is 7.82. The van der Waals surface area contributed by atoms with Gasteiger partial charge in [0.25, 0.3) is 0 Å². The molecular formula is C24H29NO4. The molecular weight excluding hydrogens is 366 g/mol. The van der Waals surface area contributed by atoms with Gasteiger partial charge in [0.1, 0.15) is 5.75 Å². The minimum atomic E-state index is 0.105. The Morgan fingerprint density at radius 1 is 0.966 bits per heavy atom. The SMILES string of the molecule is COc1cc(C2Nc3c(OC(C)C)cccc3C3C=CCC32)cc(OC)c1OC. The Kier molecular flexibility index (Phi) is 5.31. The van der Waals surface area contributed by atoms with E-state index in [1.165, 1.54) is 5.56 Å². The average molecular weight is 395 g/mol. The Balaban J connectivity index is 1.81. The molecule has 29 heavy (non-hydrogen) atoms. The molecule has 154 valence electrons. The van der Waals surface area contributed by atoms with Gasteiger partial charge in [0, 0.05) is 5.92 Å². The summed E-state index contributed by atoms with van der Waals surface area (Å²) in [5.74, 6) is 3.62. The third kappa shape index (κ3) is 3.39. The molecule has 2 aromatic rings. The van der Waals surface area contributed by atoms with Gasteiger partial charge in [0.05, 0.1) is 39.2 Å². The van der Waals surface area contributed by atoms with Crippen molar-refractivity contribution in [3.63, 3.8) is 0 Å². The number of fused-ring (bicyclic) bond motifs is 3.